The highest BCUT2D eigenvalue weighted by molar-refractivity contribution is 7.09. The van der Waals surface area contributed by atoms with Gasteiger partial charge in [0.15, 0.2) is 0 Å². The third-order valence-electron chi connectivity index (χ3n) is 2.77. The van der Waals surface area contributed by atoms with E-state index in [0.29, 0.717) is 0 Å². The number of carbonyl (C=O) groups excluding carboxylic acids is 1. The first kappa shape index (κ1) is 14.4. The molecule has 0 atom stereocenters. The largest absolute Gasteiger partial charge is 0.273 e. The molecular weight excluding hydrogens is 270 g/mol. The van der Waals surface area contributed by atoms with Gasteiger partial charge >= 0.3 is 0 Å². The molecule has 4 nitrogen and oxygen atoms in total. The maximum atomic E-state index is 11.7. The van der Waals surface area contributed by atoms with Gasteiger partial charge in [-0.15, -0.1) is 11.3 Å². The summed E-state index contributed by atoms with van der Waals surface area (Å²) in [7, 11) is 0. The van der Waals surface area contributed by atoms with Gasteiger partial charge in [0.05, 0.1) is 12.6 Å². The van der Waals surface area contributed by atoms with Crippen LogP contribution in [0.15, 0.2) is 34.7 Å². The summed E-state index contributed by atoms with van der Waals surface area (Å²) in [5, 5.41) is 6.69. The average molecular weight is 287 g/mol. The van der Waals surface area contributed by atoms with Crippen LogP contribution in [0.5, 0.6) is 0 Å². The maximum Gasteiger partial charge on any atom is 0.246 e. The lowest BCUT2D eigenvalue weighted by Gasteiger charge is -1.98. The number of hydrogen-bond donors (Lipinski definition) is 1. The van der Waals surface area contributed by atoms with E-state index in [-0.39, 0.29) is 12.3 Å². The number of nitrogens with one attached hydrogen (secondary N) is 1. The van der Waals surface area contributed by atoms with Crippen molar-refractivity contribution in [1.82, 2.24) is 10.4 Å². The number of hydrogen-bond acceptors (Lipinski definition) is 4. The van der Waals surface area contributed by atoms with E-state index in [1.165, 1.54) is 16.9 Å². The first-order valence-electron chi connectivity index (χ1n) is 6.49. The topological polar surface area (TPSA) is 54.4 Å². The summed E-state index contributed by atoms with van der Waals surface area (Å²) in [5.41, 5.74) is 5.70. The van der Waals surface area contributed by atoms with E-state index < -0.39 is 0 Å². The lowest BCUT2D eigenvalue weighted by molar-refractivity contribution is -0.120. The Morgan fingerprint density at radius 2 is 2.15 bits per heavy atom. The second kappa shape index (κ2) is 6.96. The van der Waals surface area contributed by atoms with Gasteiger partial charge in [0.1, 0.15) is 5.01 Å². The molecule has 0 aliphatic carbocycles. The maximum absolute atomic E-state index is 11.7. The molecule has 1 N–H and O–H groups in total. The highest BCUT2D eigenvalue weighted by atomic mass is 32.1. The molecule has 104 valence electrons. The van der Waals surface area contributed by atoms with Crippen LogP contribution >= 0.6 is 11.3 Å². The molecule has 0 fully saturated rings. The second-order valence-corrected chi connectivity index (χ2v) is 5.39. The van der Waals surface area contributed by atoms with Gasteiger partial charge in [0.2, 0.25) is 5.91 Å². The van der Waals surface area contributed by atoms with Gasteiger partial charge in [0, 0.05) is 11.1 Å². The SMILES string of the molecule is CCc1ccc(/C=N\NC(=O)Cc2nc(C)cs2)cc1. The standard InChI is InChI=1S/C15H17N3OS/c1-3-12-4-6-13(7-5-12)9-16-18-14(19)8-15-17-11(2)10-20-15/h4-7,9-10H,3,8H2,1-2H3,(H,18,19)/b16-9-. The zero-order valence-corrected chi connectivity index (χ0v) is 12.4. The molecule has 0 aliphatic rings. The Balaban J connectivity index is 1.84. The molecule has 1 aromatic carbocycles. The van der Waals surface area contributed by atoms with E-state index in [9.17, 15) is 4.79 Å². The third kappa shape index (κ3) is 4.28. The van der Waals surface area contributed by atoms with Gasteiger partial charge in [-0.25, -0.2) is 10.4 Å². The molecule has 2 rings (SSSR count). The number of amides is 1. The summed E-state index contributed by atoms with van der Waals surface area (Å²) in [4.78, 5) is 15.9. The normalized spacial score (nSPS) is 10.9. The number of carbonyl (C=O) groups is 1. The monoisotopic (exact) mass is 287 g/mol. The fourth-order valence-electron chi connectivity index (χ4n) is 1.68. The quantitative estimate of drug-likeness (QED) is 0.679. The summed E-state index contributed by atoms with van der Waals surface area (Å²) in [6.07, 6.45) is 2.93. The zero-order chi connectivity index (χ0) is 14.4. The number of thiazole rings is 1. The molecule has 1 aromatic heterocycles. The van der Waals surface area contributed by atoms with Crippen LogP contribution in [0.4, 0.5) is 0 Å². The van der Waals surface area contributed by atoms with Gasteiger partial charge in [-0.3, -0.25) is 4.79 Å². The number of hydrazone groups is 1. The van der Waals surface area contributed by atoms with Crippen LogP contribution in [-0.2, 0) is 17.6 Å². The van der Waals surface area contributed by atoms with E-state index in [2.05, 4.69) is 34.6 Å². The fourth-order valence-corrected chi connectivity index (χ4v) is 2.45. The van der Waals surface area contributed by atoms with Crippen molar-refractivity contribution in [2.75, 3.05) is 0 Å². The first-order valence-corrected chi connectivity index (χ1v) is 7.37. The Morgan fingerprint density at radius 3 is 2.75 bits per heavy atom. The molecule has 0 bridgehead atoms. The lowest BCUT2D eigenvalue weighted by Crippen LogP contribution is -2.19. The van der Waals surface area contributed by atoms with Crippen molar-refractivity contribution in [2.45, 2.75) is 26.7 Å². The van der Waals surface area contributed by atoms with Crippen LogP contribution in [0.1, 0.15) is 28.8 Å². The highest BCUT2D eigenvalue weighted by Crippen LogP contribution is 2.09. The van der Waals surface area contributed by atoms with Crippen LogP contribution in [-0.4, -0.2) is 17.1 Å². The van der Waals surface area contributed by atoms with Crippen molar-refractivity contribution < 1.29 is 4.79 Å². The van der Waals surface area contributed by atoms with E-state index in [0.717, 1.165) is 22.7 Å². The third-order valence-corrected chi connectivity index (χ3v) is 3.74. The Kier molecular flexibility index (Phi) is 5.01. The molecule has 20 heavy (non-hydrogen) atoms. The minimum Gasteiger partial charge on any atom is -0.273 e. The molecule has 2 aromatic rings. The molecule has 0 aliphatic heterocycles. The van der Waals surface area contributed by atoms with Crippen molar-refractivity contribution in [1.29, 1.82) is 0 Å². The summed E-state index contributed by atoms with van der Waals surface area (Å²) in [6, 6.07) is 8.08. The average Bonchev–Trinajstić information content (AvgIpc) is 2.85. The molecule has 0 saturated carbocycles. The van der Waals surface area contributed by atoms with Gasteiger partial charge in [-0.1, -0.05) is 31.2 Å². The Morgan fingerprint density at radius 1 is 1.40 bits per heavy atom. The number of nitrogens with zero attached hydrogens (tertiary/aromatic N) is 2. The van der Waals surface area contributed by atoms with Crippen LogP contribution in [0, 0.1) is 6.92 Å². The van der Waals surface area contributed by atoms with Crippen LogP contribution < -0.4 is 5.43 Å². The van der Waals surface area contributed by atoms with Crippen molar-refractivity contribution in [3.8, 4) is 0 Å². The van der Waals surface area contributed by atoms with E-state index in [1.54, 1.807) is 6.21 Å². The van der Waals surface area contributed by atoms with Crippen molar-refractivity contribution in [3.63, 3.8) is 0 Å². The van der Waals surface area contributed by atoms with Crippen LogP contribution in [0.3, 0.4) is 0 Å². The van der Waals surface area contributed by atoms with Gasteiger partial charge < -0.3 is 0 Å². The summed E-state index contributed by atoms with van der Waals surface area (Å²) >= 11 is 1.49. The summed E-state index contributed by atoms with van der Waals surface area (Å²) in [5.74, 6) is -0.152. The zero-order valence-electron chi connectivity index (χ0n) is 11.6. The summed E-state index contributed by atoms with van der Waals surface area (Å²) in [6.45, 7) is 4.03. The van der Waals surface area contributed by atoms with Crippen LogP contribution in [0.25, 0.3) is 0 Å². The number of rotatable bonds is 5. The molecular formula is C15H17N3OS. The molecule has 0 spiro atoms. The van der Waals surface area contributed by atoms with Gasteiger partial charge in [-0.2, -0.15) is 5.10 Å². The van der Waals surface area contributed by atoms with Gasteiger partial charge in [0.25, 0.3) is 0 Å². The number of aryl methyl sites for hydroxylation is 2. The predicted molar refractivity (Wildman–Crippen MR) is 82.1 cm³/mol. The molecule has 1 amide bonds. The van der Waals surface area contributed by atoms with Crippen molar-refractivity contribution in [3.05, 3.63) is 51.5 Å². The van der Waals surface area contributed by atoms with Crippen molar-refractivity contribution in [2.24, 2.45) is 5.10 Å². The Hall–Kier alpha value is -2.01. The van der Waals surface area contributed by atoms with Gasteiger partial charge in [-0.05, 0) is 24.5 Å². The number of benzene rings is 1. The highest BCUT2D eigenvalue weighted by Gasteiger charge is 2.05. The molecule has 5 heteroatoms. The van der Waals surface area contributed by atoms with E-state index >= 15 is 0 Å². The van der Waals surface area contributed by atoms with Crippen LogP contribution in [0.2, 0.25) is 0 Å². The minimum atomic E-state index is -0.152. The molecule has 0 unspecified atom stereocenters. The fraction of sp³-hybridized carbons (Fsp3) is 0.267. The van der Waals surface area contributed by atoms with E-state index in [1.807, 2.05) is 24.4 Å². The first-order chi connectivity index (χ1) is 9.67. The summed E-state index contributed by atoms with van der Waals surface area (Å²) < 4.78 is 0. The number of aromatic nitrogens is 1. The van der Waals surface area contributed by atoms with E-state index in [4.69, 9.17) is 0 Å². The Labute approximate surface area is 122 Å². The second-order valence-electron chi connectivity index (χ2n) is 4.45. The minimum absolute atomic E-state index is 0.152. The predicted octanol–water partition coefficient (Wildman–Crippen LogP) is 2.71. The Bertz CT molecular complexity index is 602. The van der Waals surface area contributed by atoms with Crippen molar-refractivity contribution >= 4 is 23.5 Å². The molecule has 0 saturated heterocycles. The lowest BCUT2D eigenvalue weighted by atomic mass is 10.1. The smallest absolute Gasteiger partial charge is 0.246 e. The molecule has 1 heterocycles. The molecule has 0 radical (unpaired) electrons.